The van der Waals surface area contributed by atoms with Gasteiger partial charge in [-0.15, -0.1) is 0 Å². The van der Waals surface area contributed by atoms with Gasteiger partial charge in [0.25, 0.3) is 0 Å². The molecule has 1 fully saturated rings. The Balaban J connectivity index is 1.98. The maximum absolute atomic E-state index is 12.1. The van der Waals surface area contributed by atoms with E-state index in [1.807, 2.05) is 6.08 Å². The van der Waals surface area contributed by atoms with E-state index < -0.39 is 0 Å². The molecule has 2 heteroatoms. The monoisotopic (exact) mass is 235 g/mol. The summed E-state index contributed by atoms with van der Waals surface area (Å²) in [4.78, 5) is 12.1. The van der Waals surface area contributed by atoms with Crippen LogP contribution >= 0.6 is 0 Å². The van der Waals surface area contributed by atoms with Crippen molar-refractivity contribution in [3.8, 4) is 0 Å². The Hall–Kier alpha value is -0.630. The standard InChI is InChI=1S/C15H25NO/c17-14-11-7-4-8-12-16-15(14)13-9-5-2-1-3-6-10-13/h7,11,13,15-16H,1-6,8-10,12H2/b11-7-. The lowest BCUT2D eigenvalue weighted by atomic mass is 9.83. The van der Waals surface area contributed by atoms with Crippen LogP contribution < -0.4 is 5.32 Å². The van der Waals surface area contributed by atoms with Crippen molar-refractivity contribution in [3.05, 3.63) is 12.2 Å². The minimum atomic E-state index is 0.102. The smallest absolute Gasteiger partial charge is 0.172 e. The van der Waals surface area contributed by atoms with E-state index in [0.717, 1.165) is 19.4 Å². The van der Waals surface area contributed by atoms with E-state index in [1.54, 1.807) is 0 Å². The Morgan fingerprint density at radius 3 is 2.47 bits per heavy atom. The summed E-state index contributed by atoms with van der Waals surface area (Å²) in [5, 5.41) is 3.49. The molecule has 1 N–H and O–H groups in total. The molecule has 1 aliphatic heterocycles. The van der Waals surface area contributed by atoms with Crippen LogP contribution in [0, 0.1) is 5.92 Å². The first-order valence-corrected chi connectivity index (χ1v) is 7.32. The summed E-state index contributed by atoms with van der Waals surface area (Å²) in [6.07, 6.45) is 15.2. The SMILES string of the molecule is O=C1/C=C\CCCNC1C1CCCCCCC1. The number of ketones is 1. The maximum Gasteiger partial charge on any atom is 0.172 e. The van der Waals surface area contributed by atoms with Gasteiger partial charge in [-0.25, -0.2) is 0 Å². The van der Waals surface area contributed by atoms with Crippen LogP contribution in [0.4, 0.5) is 0 Å². The zero-order valence-corrected chi connectivity index (χ0v) is 10.8. The molecule has 2 nitrogen and oxygen atoms in total. The van der Waals surface area contributed by atoms with Gasteiger partial charge in [0.15, 0.2) is 5.78 Å². The third kappa shape index (κ3) is 3.95. The minimum absolute atomic E-state index is 0.102. The topological polar surface area (TPSA) is 29.1 Å². The van der Waals surface area contributed by atoms with E-state index in [1.165, 1.54) is 44.9 Å². The van der Waals surface area contributed by atoms with Gasteiger partial charge in [-0.2, -0.15) is 0 Å². The van der Waals surface area contributed by atoms with E-state index in [2.05, 4.69) is 11.4 Å². The molecular formula is C15H25NO. The van der Waals surface area contributed by atoms with Crippen LogP contribution in [0.3, 0.4) is 0 Å². The van der Waals surface area contributed by atoms with Gasteiger partial charge in [0.05, 0.1) is 6.04 Å². The molecule has 2 aliphatic rings. The van der Waals surface area contributed by atoms with E-state index in [-0.39, 0.29) is 6.04 Å². The molecule has 1 unspecified atom stereocenters. The molecule has 0 aromatic heterocycles. The summed E-state index contributed by atoms with van der Waals surface area (Å²) in [5.41, 5.74) is 0. The van der Waals surface area contributed by atoms with Gasteiger partial charge in [0.1, 0.15) is 0 Å². The quantitative estimate of drug-likeness (QED) is 0.756. The van der Waals surface area contributed by atoms with E-state index in [4.69, 9.17) is 0 Å². The Morgan fingerprint density at radius 2 is 1.71 bits per heavy atom. The molecule has 0 aromatic rings. The number of hydrogen-bond acceptors (Lipinski definition) is 2. The molecule has 0 aromatic carbocycles. The van der Waals surface area contributed by atoms with Gasteiger partial charge < -0.3 is 5.32 Å². The van der Waals surface area contributed by atoms with E-state index >= 15 is 0 Å². The summed E-state index contributed by atoms with van der Waals surface area (Å²) in [5.74, 6) is 0.890. The van der Waals surface area contributed by atoms with Crippen molar-refractivity contribution < 1.29 is 4.79 Å². The summed E-state index contributed by atoms with van der Waals surface area (Å²) >= 11 is 0. The summed E-state index contributed by atoms with van der Waals surface area (Å²) < 4.78 is 0. The van der Waals surface area contributed by atoms with Crippen LogP contribution in [0.15, 0.2) is 12.2 Å². The predicted molar refractivity (Wildman–Crippen MR) is 71.0 cm³/mol. The lowest BCUT2D eigenvalue weighted by Gasteiger charge is -2.28. The van der Waals surface area contributed by atoms with Crippen LogP contribution in [-0.4, -0.2) is 18.4 Å². The highest BCUT2D eigenvalue weighted by molar-refractivity contribution is 5.94. The number of rotatable bonds is 1. The Kier molecular flexibility index (Phi) is 5.24. The largest absolute Gasteiger partial charge is 0.307 e. The predicted octanol–water partition coefficient (Wildman–Crippen LogP) is 3.22. The van der Waals surface area contributed by atoms with E-state index in [0.29, 0.717) is 11.7 Å². The number of carbonyl (C=O) groups is 1. The molecular weight excluding hydrogens is 210 g/mol. The molecule has 0 bridgehead atoms. The van der Waals surface area contributed by atoms with E-state index in [9.17, 15) is 4.79 Å². The highest BCUT2D eigenvalue weighted by Gasteiger charge is 2.26. The average Bonchev–Trinajstić information content (AvgIpc) is 2.26. The minimum Gasteiger partial charge on any atom is -0.307 e. The molecule has 96 valence electrons. The fourth-order valence-electron chi connectivity index (χ4n) is 3.10. The normalized spacial score (nSPS) is 31.1. The Bertz CT molecular complexity index is 264. The van der Waals surface area contributed by atoms with Crippen LogP contribution in [0.2, 0.25) is 0 Å². The molecule has 0 amide bonds. The molecule has 1 saturated carbocycles. The zero-order valence-electron chi connectivity index (χ0n) is 10.8. The third-order valence-electron chi connectivity index (χ3n) is 4.12. The first-order valence-electron chi connectivity index (χ1n) is 7.32. The van der Waals surface area contributed by atoms with Crippen molar-refractivity contribution in [3.63, 3.8) is 0 Å². The zero-order chi connectivity index (χ0) is 11.9. The lowest BCUT2D eigenvalue weighted by Crippen LogP contribution is -2.43. The fraction of sp³-hybridized carbons (Fsp3) is 0.800. The molecule has 0 radical (unpaired) electrons. The van der Waals surface area contributed by atoms with Gasteiger partial charge in [-0.05, 0) is 44.2 Å². The Labute approximate surface area is 105 Å². The van der Waals surface area contributed by atoms with Gasteiger partial charge in [-0.1, -0.05) is 38.2 Å². The van der Waals surface area contributed by atoms with Gasteiger partial charge in [-0.3, -0.25) is 4.79 Å². The van der Waals surface area contributed by atoms with Crippen LogP contribution in [0.25, 0.3) is 0 Å². The fourth-order valence-corrected chi connectivity index (χ4v) is 3.10. The number of nitrogens with one attached hydrogen (secondary N) is 1. The van der Waals surface area contributed by atoms with Crippen molar-refractivity contribution in [2.75, 3.05) is 6.54 Å². The first-order chi connectivity index (χ1) is 8.38. The summed E-state index contributed by atoms with van der Waals surface area (Å²) in [7, 11) is 0. The number of carbonyl (C=O) groups excluding carboxylic acids is 1. The number of hydrogen-bond donors (Lipinski definition) is 1. The van der Waals surface area contributed by atoms with Crippen molar-refractivity contribution in [2.24, 2.45) is 5.92 Å². The maximum atomic E-state index is 12.1. The average molecular weight is 235 g/mol. The molecule has 1 atom stereocenters. The molecule has 17 heavy (non-hydrogen) atoms. The second-order valence-electron chi connectivity index (χ2n) is 5.48. The number of allylic oxidation sites excluding steroid dienone is 1. The van der Waals surface area contributed by atoms with Crippen molar-refractivity contribution >= 4 is 5.78 Å². The second-order valence-corrected chi connectivity index (χ2v) is 5.48. The van der Waals surface area contributed by atoms with Crippen LogP contribution in [0.5, 0.6) is 0 Å². The molecule has 0 spiro atoms. The highest BCUT2D eigenvalue weighted by Crippen LogP contribution is 2.26. The van der Waals surface area contributed by atoms with Crippen molar-refractivity contribution in [1.29, 1.82) is 0 Å². The van der Waals surface area contributed by atoms with Gasteiger partial charge >= 0.3 is 0 Å². The molecule has 2 rings (SSSR count). The third-order valence-corrected chi connectivity index (χ3v) is 4.12. The molecule has 1 aliphatic carbocycles. The first kappa shape index (κ1) is 12.8. The second kappa shape index (κ2) is 6.95. The van der Waals surface area contributed by atoms with Gasteiger partial charge in [0.2, 0.25) is 0 Å². The highest BCUT2D eigenvalue weighted by atomic mass is 16.1. The summed E-state index contributed by atoms with van der Waals surface area (Å²) in [6.45, 7) is 0.997. The summed E-state index contributed by atoms with van der Waals surface area (Å²) in [6, 6.07) is 0.102. The Morgan fingerprint density at radius 1 is 1.00 bits per heavy atom. The van der Waals surface area contributed by atoms with Crippen LogP contribution in [0.1, 0.15) is 57.8 Å². The van der Waals surface area contributed by atoms with Crippen molar-refractivity contribution in [1.82, 2.24) is 5.32 Å². The molecule has 1 heterocycles. The van der Waals surface area contributed by atoms with Gasteiger partial charge in [0, 0.05) is 0 Å². The van der Waals surface area contributed by atoms with Crippen LogP contribution in [-0.2, 0) is 4.79 Å². The molecule has 0 saturated heterocycles. The van der Waals surface area contributed by atoms with Crippen molar-refractivity contribution in [2.45, 2.75) is 63.8 Å². The lowest BCUT2D eigenvalue weighted by molar-refractivity contribution is -0.118.